The molecule has 1 unspecified atom stereocenters. The number of nitrogens with zero attached hydrogens (tertiary/aromatic N) is 2. The number of aryl methyl sites for hydroxylation is 1. The van der Waals surface area contributed by atoms with E-state index < -0.39 is 5.60 Å². The number of nitrogens with two attached hydrogens (primary N) is 1. The minimum absolute atomic E-state index is 0.425. The molecule has 0 saturated carbocycles. The maximum atomic E-state index is 5.61. The van der Waals surface area contributed by atoms with Gasteiger partial charge in [-0.05, 0) is 6.92 Å². The molecular weight excluding hydrogens is 154 g/mol. The highest BCUT2D eigenvalue weighted by molar-refractivity contribution is 5.09. The molecule has 0 spiro atoms. The van der Waals surface area contributed by atoms with Crippen LogP contribution in [0.5, 0.6) is 0 Å². The minimum Gasteiger partial charge on any atom is -0.371 e. The second-order valence-electron chi connectivity index (χ2n) is 3.03. The number of hydrogen-bond acceptors (Lipinski definition) is 3. The fraction of sp³-hybridized carbons (Fsp3) is 0.625. The molecule has 1 aromatic rings. The highest BCUT2D eigenvalue weighted by Crippen LogP contribution is 2.21. The first-order valence-corrected chi connectivity index (χ1v) is 3.86. The molecule has 0 aliphatic rings. The second-order valence-corrected chi connectivity index (χ2v) is 3.03. The third-order valence-electron chi connectivity index (χ3n) is 2.20. The Morgan fingerprint density at radius 2 is 2.42 bits per heavy atom. The quantitative estimate of drug-likeness (QED) is 0.705. The summed E-state index contributed by atoms with van der Waals surface area (Å²) in [5, 5.41) is 0. The molecule has 0 amide bonds. The van der Waals surface area contributed by atoms with Gasteiger partial charge in [-0.2, -0.15) is 0 Å². The molecule has 0 aromatic carbocycles. The highest BCUT2D eigenvalue weighted by Gasteiger charge is 2.26. The zero-order valence-electron chi connectivity index (χ0n) is 7.74. The lowest BCUT2D eigenvalue weighted by atomic mass is 10.0. The van der Waals surface area contributed by atoms with E-state index in [-0.39, 0.29) is 0 Å². The lowest BCUT2D eigenvalue weighted by Gasteiger charge is -2.26. The summed E-state index contributed by atoms with van der Waals surface area (Å²) < 4.78 is 7.24. The van der Waals surface area contributed by atoms with Crippen LogP contribution in [0.25, 0.3) is 0 Å². The van der Waals surface area contributed by atoms with Crippen molar-refractivity contribution in [3.05, 3.63) is 18.2 Å². The molecule has 1 atom stereocenters. The van der Waals surface area contributed by atoms with E-state index in [1.165, 1.54) is 0 Å². The molecule has 0 bridgehead atoms. The minimum atomic E-state index is -0.425. The Labute approximate surface area is 72.3 Å². The van der Waals surface area contributed by atoms with Gasteiger partial charge in [0.05, 0.1) is 18.2 Å². The van der Waals surface area contributed by atoms with Crippen LogP contribution in [0, 0.1) is 0 Å². The molecule has 1 rings (SSSR count). The van der Waals surface area contributed by atoms with Gasteiger partial charge in [-0.15, -0.1) is 0 Å². The highest BCUT2D eigenvalue weighted by atomic mass is 16.5. The SMILES string of the molecule is COC(C)(CN)c1cncn1C. The second kappa shape index (κ2) is 3.25. The van der Waals surface area contributed by atoms with Crippen LogP contribution in [0.1, 0.15) is 12.6 Å². The van der Waals surface area contributed by atoms with Crippen LogP contribution >= 0.6 is 0 Å². The van der Waals surface area contributed by atoms with Gasteiger partial charge in [0.2, 0.25) is 0 Å². The Morgan fingerprint density at radius 3 is 2.75 bits per heavy atom. The number of hydrogen-bond donors (Lipinski definition) is 1. The molecule has 2 N–H and O–H groups in total. The van der Waals surface area contributed by atoms with E-state index >= 15 is 0 Å². The maximum absolute atomic E-state index is 5.61. The van der Waals surface area contributed by atoms with Crippen molar-refractivity contribution in [2.45, 2.75) is 12.5 Å². The lowest BCUT2D eigenvalue weighted by molar-refractivity contribution is 0.00411. The molecule has 12 heavy (non-hydrogen) atoms. The monoisotopic (exact) mass is 169 g/mol. The zero-order valence-corrected chi connectivity index (χ0v) is 7.74. The van der Waals surface area contributed by atoms with Crippen LogP contribution < -0.4 is 5.73 Å². The molecule has 1 aromatic heterocycles. The van der Waals surface area contributed by atoms with Crippen molar-refractivity contribution in [1.29, 1.82) is 0 Å². The van der Waals surface area contributed by atoms with Crippen LogP contribution in [0.3, 0.4) is 0 Å². The van der Waals surface area contributed by atoms with Gasteiger partial charge in [0.15, 0.2) is 0 Å². The average Bonchev–Trinajstić information content (AvgIpc) is 2.51. The summed E-state index contributed by atoms with van der Waals surface area (Å²) in [6.07, 6.45) is 3.51. The smallest absolute Gasteiger partial charge is 0.118 e. The Morgan fingerprint density at radius 1 is 1.75 bits per heavy atom. The van der Waals surface area contributed by atoms with Crippen LogP contribution in [-0.4, -0.2) is 23.2 Å². The van der Waals surface area contributed by atoms with E-state index in [0.717, 1.165) is 5.69 Å². The number of imidazole rings is 1. The first-order valence-electron chi connectivity index (χ1n) is 3.86. The van der Waals surface area contributed by atoms with Crippen molar-refractivity contribution >= 4 is 0 Å². The molecule has 68 valence electrons. The standard InChI is InChI=1S/C8H15N3O/c1-8(5-9,12-3)7-4-10-6-11(7)2/h4,6H,5,9H2,1-3H3. The van der Waals surface area contributed by atoms with Crippen molar-refractivity contribution in [3.63, 3.8) is 0 Å². The summed E-state index contributed by atoms with van der Waals surface area (Å²) in [5.74, 6) is 0. The number of rotatable bonds is 3. The fourth-order valence-electron chi connectivity index (χ4n) is 1.16. The summed E-state index contributed by atoms with van der Waals surface area (Å²) in [5.41, 5.74) is 6.18. The van der Waals surface area contributed by atoms with Crippen LogP contribution in [0.4, 0.5) is 0 Å². The first-order chi connectivity index (χ1) is 5.64. The Hall–Kier alpha value is -0.870. The number of ether oxygens (including phenoxy) is 1. The first kappa shape index (κ1) is 9.22. The summed E-state index contributed by atoms with van der Waals surface area (Å²) in [7, 11) is 3.58. The van der Waals surface area contributed by atoms with Crippen molar-refractivity contribution in [1.82, 2.24) is 9.55 Å². The molecule has 0 radical (unpaired) electrons. The van der Waals surface area contributed by atoms with Gasteiger partial charge < -0.3 is 15.0 Å². The average molecular weight is 169 g/mol. The summed E-state index contributed by atoms with van der Waals surface area (Å²) >= 11 is 0. The van der Waals surface area contributed by atoms with Crippen molar-refractivity contribution in [2.24, 2.45) is 12.8 Å². The van der Waals surface area contributed by atoms with E-state index in [0.29, 0.717) is 6.54 Å². The van der Waals surface area contributed by atoms with Crippen LogP contribution in [0.15, 0.2) is 12.5 Å². The van der Waals surface area contributed by atoms with Gasteiger partial charge in [0.1, 0.15) is 5.60 Å². The molecular formula is C8H15N3O. The van der Waals surface area contributed by atoms with E-state index in [4.69, 9.17) is 10.5 Å². The van der Waals surface area contributed by atoms with Gasteiger partial charge in [-0.25, -0.2) is 4.98 Å². The number of aromatic nitrogens is 2. The van der Waals surface area contributed by atoms with Crippen molar-refractivity contribution in [3.8, 4) is 0 Å². The predicted molar refractivity (Wildman–Crippen MR) is 46.6 cm³/mol. The molecule has 0 aliphatic heterocycles. The predicted octanol–water partition coefficient (Wildman–Crippen LogP) is 0.240. The normalized spacial score (nSPS) is 16.0. The maximum Gasteiger partial charge on any atom is 0.118 e. The van der Waals surface area contributed by atoms with E-state index in [2.05, 4.69) is 4.98 Å². The van der Waals surface area contributed by atoms with Crippen LogP contribution in [0.2, 0.25) is 0 Å². The summed E-state index contributed by atoms with van der Waals surface area (Å²) in [6, 6.07) is 0. The number of methoxy groups -OCH3 is 1. The molecule has 1 heterocycles. The molecule has 4 nitrogen and oxygen atoms in total. The molecule has 4 heteroatoms. The Balaban J connectivity index is 3.02. The zero-order chi connectivity index (χ0) is 9.19. The van der Waals surface area contributed by atoms with Gasteiger partial charge in [-0.1, -0.05) is 0 Å². The molecule has 0 saturated heterocycles. The van der Waals surface area contributed by atoms with Gasteiger partial charge in [-0.3, -0.25) is 0 Å². The van der Waals surface area contributed by atoms with Crippen molar-refractivity contribution in [2.75, 3.05) is 13.7 Å². The molecule has 0 fully saturated rings. The fourth-order valence-corrected chi connectivity index (χ4v) is 1.16. The third kappa shape index (κ3) is 1.35. The summed E-state index contributed by atoms with van der Waals surface area (Å²) in [6.45, 7) is 2.40. The van der Waals surface area contributed by atoms with E-state index in [9.17, 15) is 0 Å². The lowest BCUT2D eigenvalue weighted by Crippen LogP contribution is -2.35. The topological polar surface area (TPSA) is 53.1 Å². The third-order valence-corrected chi connectivity index (χ3v) is 2.20. The largest absolute Gasteiger partial charge is 0.371 e. The van der Waals surface area contributed by atoms with E-state index in [1.807, 2.05) is 18.5 Å². The van der Waals surface area contributed by atoms with Crippen LogP contribution in [-0.2, 0) is 17.4 Å². The van der Waals surface area contributed by atoms with Gasteiger partial charge in [0, 0.05) is 20.7 Å². The molecule has 0 aliphatic carbocycles. The van der Waals surface area contributed by atoms with Gasteiger partial charge >= 0.3 is 0 Å². The Bertz CT molecular complexity index is 253. The van der Waals surface area contributed by atoms with Gasteiger partial charge in [0.25, 0.3) is 0 Å². The Kier molecular flexibility index (Phi) is 2.49. The van der Waals surface area contributed by atoms with E-state index in [1.54, 1.807) is 19.6 Å². The summed E-state index contributed by atoms with van der Waals surface area (Å²) in [4.78, 5) is 4.01. The van der Waals surface area contributed by atoms with Crippen molar-refractivity contribution < 1.29 is 4.74 Å².